The molecule has 1 saturated heterocycles. The lowest BCUT2D eigenvalue weighted by Gasteiger charge is -2.28. The fraction of sp³-hybridized carbons (Fsp3) is 0.571. The van der Waals surface area contributed by atoms with Crippen LogP contribution in [0.25, 0.3) is 0 Å². The topological polar surface area (TPSA) is 114 Å². The van der Waals surface area contributed by atoms with E-state index in [1.165, 1.54) is 21.9 Å². The third-order valence-corrected chi connectivity index (χ3v) is 8.77. The Kier molecular flexibility index (Phi) is 5.49. The van der Waals surface area contributed by atoms with Crippen LogP contribution in [0.5, 0.6) is 0 Å². The summed E-state index contributed by atoms with van der Waals surface area (Å²) in [6.45, 7) is 0.815. The van der Waals surface area contributed by atoms with E-state index in [-0.39, 0.29) is 22.6 Å². The molecular formula is C14H20N4O5S3. The van der Waals surface area contributed by atoms with E-state index in [9.17, 15) is 16.8 Å². The number of aromatic nitrogens is 2. The second-order valence-corrected chi connectivity index (χ2v) is 11.4. The maximum atomic E-state index is 12.4. The molecule has 0 atom stereocenters. The molecule has 0 radical (unpaired) electrons. The summed E-state index contributed by atoms with van der Waals surface area (Å²) in [6, 6.07) is 3.23. The first-order valence-electron chi connectivity index (χ1n) is 7.95. The average Bonchev–Trinajstić information content (AvgIpc) is 3.26. The van der Waals surface area contributed by atoms with Gasteiger partial charge in [-0.2, -0.15) is 9.29 Å². The lowest BCUT2D eigenvalue weighted by Crippen LogP contribution is -2.37. The number of nitrogens with zero attached hydrogens (tertiary/aromatic N) is 4. The zero-order valence-electron chi connectivity index (χ0n) is 14.4. The van der Waals surface area contributed by atoms with Gasteiger partial charge in [-0.15, -0.1) is 11.3 Å². The fourth-order valence-electron chi connectivity index (χ4n) is 2.78. The second-order valence-electron chi connectivity index (χ2n) is 6.18. The predicted molar refractivity (Wildman–Crippen MR) is 95.7 cm³/mol. The van der Waals surface area contributed by atoms with E-state index in [4.69, 9.17) is 4.52 Å². The molecular weight excluding hydrogens is 400 g/mol. The first kappa shape index (κ1) is 19.4. The van der Waals surface area contributed by atoms with E-state index in [2.05, 4.69) is 10.1 Å². The Balaban J connectivity index is 1.64. The van der Waals surface area contributed by atoms with Gasteiger partial charge in [0.2, 0.25) is 15.9 Å². The molecule has 2 aromatic rings. The third-order valence-electron chi connectivity index (χ3n) is 4.29. The summed E-state index contributed by atoms with van der Waals surface area (Å²) < 4.78 is 56.0. The summed E-state index contributed by atoms with van der Waals surface area (Å²) in [5.74, 6) is 0.716. The van der Waals surface area contributed by atoms with Crippen LogP contribution in [0.2, 0.25) is 0 Å². The van der Waals surface area contributed by atoms with Gasteiger partial charge in [0, 0.05) is 26.1 Å². The molecule has 0 spiro atoms. The van der Waals surface area contributed by atoms with E-state index in [0.717, 1.165) is 11.3 Å². The minimum absolute atomic E-state index is 0.00436. The Labute approximate surface area is 156 Å². The van der Waals surface area contributed by atoms with Crippen molar-refractivity contribution in [3.8, 4) is 0 Å². The fourth-order valence-corrected chi connectivity index (χ4v) is 5.98. The van der Waals surface area contributed by atoms with Crippen molar-refractivity contribution in [2.24, 2.45) is 0 Å². The molecule has 3 rings (SSSR count). The molecule has 1 aliphatic heterocycles. The van der Waals surface area contributed by atoms with E-state index in [1.54, 1.807) is 17.5 Å². The number of rotatable bonds is 6. The summed E-state index contributed by atoms with van der Waals surface area (Å²) in [4.78, 5) is 4.31. The Morgan fingerprint density at radius 1 is 1.31 bits per heavy atom. The maximum absolute atomic E-state index is 12.4. The molecule has 0 unspecified atom stereocenters. The van der Waals surface area contributed by atoms with Gasteiger partial charge in [-0.25, -0.2) is 21.1 Å². The van der Waals surface area contributed by atoms with Gasteiger partial charge in [0.05, 0.1) is 12.8 Å². The molecule has 9 nitrogen and oxygen atoms in total. The minimum Gasteiger partial charge on any atom is -0.338 e. The summed E-state index contributed by atoms with van der Waals surface area (Å²) in [6.07, 6.45) is 2.41. The average molecular weight is 421 g/mol. The van der Waals surface area contributed by atoms with Crippen LogP contribution in [0, 0.1) is 0 Å². The highest BCUT2D eigenvalue weighted by Gasteiger charge is 2.29. The van der Waals surface area contributed by atoms with Crippen LogP contribution in [0.1, 0.15) is 30.5 Å². The summed E-state index contributed by atoms with van der Waals surface area (Å²) in [5, 5.41) is 5.65. The smallest absolute Gasteiger partial charge is 0.252 e. The largest absolute Gasteiger partial charge is 0.338 e. The highest BCUT2D eigenvalue weighted by molar-refractivity contribution is 7.91. The molecule has 0 bridgehead atoms. The summed E-state index contributed by atoms with van der Waals surface area (Å²) >= 11 is 1.15. The molecule has 1 aliphatic rings. The number of hydrogen-bond donors (Lipinski definition) is 0. The molecule has 0 aromatic carbocycles. The van der Waals surface area contributed by atoms with Crippen molar-refractivity contribution in [3.63, 3.8) is 0 Å². The van der Waals surface area contributed by atoms with Gasteiger partial charge in [0.15, 0.2) is 5.82 Å². The summed E-state index contributed by atoms with van der Waals surface area (Å²) in [5.41, 5.74) is 0. The van der Waals surface area contributed by atoms with Crippen LogP contribution in [0.15, 0.2) is 26.2 Å². The molecule has 0 N–H and O–H groups in total. The molecule has 12 heteroatoms. The molecule has 0 amide bonds. The van der Waals surface area contributed by atoms with Crippen LogP contribution in [-0.4, -0.2) is 62.0 Å². The molecule has 3 heterocycles. The lowest BCUT2D eigenvalue weighted by atomic mass is 9.98. The van der Waals surface area contributed by atoms with Crippen molar-refractivity contribution >= 4 is 31.4 Å². The van der Waals surface area contributed by atoms with Gasteiger partial charge in [0.25, 0.3) is 10.0 Å². The van der Waals surface area contributed by atoms with Crippen LogP contribution in [0.4, 0.5) is 0 Å². The van der Waals surface area contributed by atoms with E-state index in [0.29, 0.717) is 31.8 Å². The molecule has 0 aliphatic carbocycles. The zero-order valence-corrected chi connectivity index (χ0v) is 16.8. The molecule has 2 aromatic heterocycles. The molecule has 144 valence electrons. The van der Waals surface area contributed by atoms with Crippen molar-refractivity contribution in [3.05, 3.63) is 29.2 Å². The minimum atomic E-state index is -3.58. The van der Waals surface area contributed by atoms with Gasteiger partial charge in [-0.05, 0) is 24.3 Å². The Morgan fingerprint density at radius 3 is 2.58 bits per heavy atom. The highest BCUT2D eigenvalue weighted by Crippen LogP contribution is 2.27. The van der Waals surface area contributed by atoms with Gasteiger partial charge in [-0.3, -0.25) is 0 Å². The van der Waals surface area contributed by atoms with Crippen LogP contribution < -0.4 is 0 Å². The van der Waals surface area contributed by atoms with Crippen LogP contribution >= 0.6 is 11.3 Å². The summed E-state index contributed by atoms with van der Waals surface area (Å²) in [7, 11) is -5.30. The van der Waals surface area contributed by atoms with Crippen LogP contribution in [-0.2, 0) is 26.6 Å². The van der Waals surface area contributed by atoms with Gasteiger partial charge in [-0.1, -0.05) is 11.2 Å². The Morgan fingerprint density at radius 2 is 2.00 bits per heavy atom. The highest BCUT2D eigenvalue weighted by atomic mass is 32.2. The number of hydrogen-bond acceptors (Lipinski definition) is 8. The van der Waals surface area contributed by atoms with Gasteiger partial charge < -0.3 is 4.52 Å². The SMILES string of the molecule is CN(Cc1nc(C2CCN(S(C)(=O)=O)CC2)no1)S(=O)(=O)c1cccs1. The van der Waals surface area contributed by atoms with Crippen molar-refractivity contribution in [2.75, 3.05) is 26.4 Å². The lowest BCUT2D eigenvalue weighted by molar-refractivity contribution is 0.303. The van der Waals surface area contributed by atoms with Crippen molar-refractivity contribution < 1.29 is 21.4 Å². The maximum Gasteiger partial charge on any atom is 0.252 e. The first-order chi connectivity index (χ1) is 12.2. The quantitative estimate of drug-likeness (QED) is 0.687. The normalized spacial score (nSPS) is 17.8. The predicted octanol–water partition coefficient (Wildman–Crippen LogP) is 1.09. The van der Waals surface area contributed by atoms with Crippen molar-refractivity contribution in [1.29, 1.82) is 0 Å². The number of thiophene rings is 1. The monoisotopic (exact) mass is 420 g/mol. The number of sulfonamides is 2. The first-order valence-corrected chi connectivity index (χ1v) is 12.1. The van der Waals surface area contributed by atoms with Crippen LogP contribution in [0.3, 0.4) is 0 Å². The number of piperidine rings is 1. The van der Waals surface area contributed by atoms with Gasteiger partial charge in [0.1, 0.15) is 4.21 Å². The second kappa shape index (κ2) is 7.35. The standard InChI is InChI=1S/C14H20N4O5S3/c1-17(26(21,22)13-4-3-9-24-13)10-12-15-14(16-23-12)11-5-7-18(8-6-11)25(2,19)20/h3-4,9,11H,5-8,10H2,1-2H3. The van der Waals surface area contributed by atoms with Gasteiger partial charge >= 0.3 is 0 Å². The van der Waals surface area contributed by atoms with E-state index in [1.807, 2.05) is 0 Å². The zero-order chi connectivity index (χ0) is 18.9. The van der Waals surface area contributed by atoms with E-state index >= 15 is 0 Å². The Hall–Kier alpha value is -1.34. The van der Waals surface area contributed by atoms with Crippen molar-refractivity contribution in [2.45, 2.75) is 29.5 Å². The third kappa shape index (κ3) is 4.14. The molecule has 26 heavy (non-hydrogen) atoms. The molecule has 1 fully saturated rings. The molecule has 0 saturated carbocycles. The van der Waals surface area contributed by atoms with Crippen molar-refractivity contribution in [1.82, 2.24) is 18.8 Å². The van der Waals surface area contributed by atoms with E-state index < -0.39 is 20.0 Å². The Bertz CT molecular complexity index is 945.